The quantitative estimate of drug-likeness (QED) is 0.732. The van der Waals surface area contributed by atoms with Crippen LogP contribution in [0.25, 0.3) is 0 Å². The Morgan fingerprint density at radius 3 is 2.68 bits per heavy atom. The Morgan fingerprint density at radius 1 is 1.26 bits per heavy atom. The summed E-state index contributed by atoms with van der Waals surface area (Å²) in [6.07, 6.45) is 3.60. The van der Waals surface area contributed by atoms with E-state index in [1.165, 1.54) is 18.2 Å². The molecule has 0 heterocycles. The normalized spacial score (nSPS) is 27.7. The zero-order chi connectivity index (χ0) is 14.0. The van der Waals surface area contributed by atoms with Crippen molar-refractivity contribution in [3.8, 4) is 11.5 Å². The van der Waals surface area contributed by atoms with Crippen molar-refractivity contribution >= 4 is 0 Å². The molecule has 0 bridgehead atoms. The van der Waals surface area contributed by atoms with Gasteiger partial charge in [0.15, 0.2) is 0 Å². The fraction of sp³-hybridized carbons (Fsp3) is 0.600. The van der Waals surface area contributed by atoms with Gasteiger partial charge in [-0.2, -0.15) is 0 Å². The standard InChI is InChI=1S/C15H23NO3/c1-16(2)10-11-5-3-4-8-15(11,19)13-9-12(17)6-7-14(13)18/h6-7,9,11,17-19H,3-5,8,10H2,1-2H3. The number of hydrogen-bond donors (Lipinski definition) is 3. The van der Waals surface area contributed by atoms with Gasteiger partial charge in [0.25, 0.3) is 0 Å². The van der Waals surface area contributed by atoms with Crippen molar-refractivity contribution in [3.63, 3.8) is 0 Å². The van der Waals surface area contributed by atoms with Crippen LogP contribution in [-0.4, -0.2) is 40.9 Å². The number of phenolic OH excluding ortho intramolecular Hbond substituents is 2. The second-order valence-electron chi connectivity index (χ2n) is 5.83. The molecule has 0 saturated heterocycles. The molecule has 106 valence electrons. The molecule has 2 rings (SSSR count). The number of rotatable bonds is 3. The zero-order valence-electron chi connectivity index (χ0n) is 11.6. The number of benzene rings is 1. The fourth-order valence-corrected chi connectivity index (χ4v) is 3.14. The lowest BCUT2D eigenvalue weighted by Crippen LogP contribution is -2.43. The van der Waals surface area contributed by atoms with Gasteiger partial charge in [0.2, 0.25) is 0 Å². The lowest BCUT2D eigenvalue weighted by atomic mass is 9.71. The zero-order valence-corrected chi connectivity index (χ0v) is 11.6. The maximum Gasteiger partial charge on any atom is 0.121 e. The van der Waals surface area contributed by atoms with Crippen molar-refractivity contribution in [2.75, 3.05) is 20.6 Å². The molecule has 1 aliphatic rings. The van der Waals surface area contributed by atoms with Crippen molar-refractivity contribution in [3.05, 3.63) is 23.8 Å². The number of aliphatic hydroxyl groups is 1. The first-order chi connectivity index (χ1) is 8.93. The van der Waals surface area contributed by atoms with Crippen LogP contribution in [0.3, 0.4) is 0 Å². The molecule has 0 aromatic heterocycles. The molecule has 4 nitrogen and oxygen atoms in total. The van der Waals surface area contributed by atoms with E-state index >= 15 is 0 Å². The summed E-state index contributed by atoms with van der Waals surface area (Å²) in [5.74, 6) is 0.213. The average molecular weight is 265 g/mol. The van der Waals surface area contributed by atoms with Gasteiger partial charge in [-0.1, -0.05) is 12.8 Å². The first-order valence-electron chi connectivity index (χ1n) is 6.83. The summed E-state index contributed by atoms with van der Waals surface area (Å²) in [5.41, 5.74) is -0.593. The van der Waals surface area contributed by atoms with Gasteiger partial charge >= 0.3 is 0 Å². The number of aromatic hydroxyl groups is 2. The van der Waals surface area contributed by atoms with Gasteiger partial charge in [0.05, 0.1) is 5.60 Å². The van der Waals surface area contributed by atoms with Crippen LogP contribution in [0.4, 0.5) is 0 Å². The number of phenols is 2. The minimum atomic E-state index is -1.05. The third-order valence-corrected chi connectivity index (χ3v) is 4.07. The molecule has 0 spiro atoms. The summed E-state index contributed by atoms with van der Waals surface area (Å²) < 4.78 is 0. The van der Waals surface area contributed by atoms with Gasteiger partial charge in [-0.05, 0) is 45.1 Å². The second kappa shape index (κ2) is 5.39. The van der Waals surface area contributed by atoms with Crippen LogP contribution < -0.4 is 0 Å². The van der Waals surface area contributed by atoms with Gasteiger partial charge in [0, 0.05) is 18.0 Å². The monoisotopic (exact) mass is 265 g/mol. The Labute approximate surface area is 114 Å². The minimum Gasteiger partial charge on any atom is -0.508 e. The lowest BCUT2D eigenvalue weighted by molar-refractivity contribution is -0.0633. The van der Waals surface area contributed by atoms with Crippen LogP contribution in [0.1, 0.15) is 31.2 Å². The van der Waals surface area contributed by atoms with E-state index in [0.29, 0.717) is 12.0 Å². The van der Waals surface area contributed by atoms with Crippen LogP contribution in [0.15, 0.2) is 18.2 Å². The first-order valence-corrected chi connectivity index (χ1v) is 6.83. The fourth-order valence-electron chi connectivity index (χ4n) is 3.14. The van der Waals surface area contributed by atoms with Crippen LogP contribution in [0, 0.1) is 5.92 Å². The van der Waals surface area contributed by atoms with Crippen molar-refractivity contribution in [2.24, 2.45) is 5.92 Å². The molecule has 0 aliphatic heterocycles. The van der Waals surface area contributed by atoms with Gasteiger partial charge in [0.1, 0.15) is 11.5 Å². The van der Waals surface area contributed by atoms with E-state index in [9.17, 15) is 15.3 Å². The smallest absolute Gasteiger partial charge is 0.121 e. The summed E-state index contributed by atoms with van der Waals surface area (Å²) >= 11 is 0. The van der Waals surface area contributed by atoms with Crippen LogP contribution >= 0.6 is 0 Å². The second-order valence-corrected chi connectivity index (χ2v) is 5.83. The average Bonchev–Trinajstić information content (AvgIpc) is 2.35. The molecule has 1 saturated carbocycles. The molecule has 3 N–H and O–H groups in total. The molecule has 0 radical (unpaired) electrons. The van der Waals surface area contributed by atoms with Crippen molar-refractivity contribution in [2.45, 2.75) is 31.3 Å². The topological polar surface area (TPSA) is 63.9 Å². The molecular weight excluding hydrogens is 242 g/mol. The summed E-state index contributed by atoms with van der Waals surface area (Å²) in [4.78, 5) is 2.06. The highest BCUT2D eigenvalue weighted by atomic mass is 16.3. The Morgan fingerprint density at radius 2 is 2.00 bits per heavy atom. The maximum absolute atomic E-state index is 11.1. The molecule has 0 amide bonds. The highest BCUT2D eigenvalue weighted by molar-refractivity contribution is 5.43. The summed E-state index contributed by atoms with van der Waals surface area (Å²) in [5, 5.41) is 30.7. The molecule has 2 atom stereocenters. The number of hydrogen-bond acceptors (Lipinski definition) is 4. The van der Waals surface area contributed by atoms with Crippen molar-refractivity contribution in [1.29, 1.82) is 0 Å². The molecule has 1 aromatic rings. The lowest BCUT2D eigenvalue weighted by Gasteiger charge is -2.41. The van der Waals surface area contributed by atoms with Gasteiger partial charge in [-0.15, -0.1) is 0 Å². The predicted molar refractivity (Wildman–Crippen MR) is 74.2 cm³/mol. The van der Waals surface area contributed by atoms with Crippen molar-refractivity contribution < 1.29 is 15.3 Å². The molecule has 4 heteroatoms. The summed E-state index contributed by atoms with van der Waals surface area (Å²) in [6, 6.07) is 4.37. The van der Waals surface area contributed by atoms with E-state index in [4.69, 9.17) is 0 Å². The predicted octanol–water partition coefficient (Wildman–Crippen LogP) is 2.04. The SMILES string of the molecule is CN(C)CC1CCCCC1(O)c1cc(O)ccc1O. The van der Waals surface area contributed by atoms with E-state index in [1.54, 1.807) is 0 Å². The van der Waals surface area contributed by atoms with Crippen LogP contribution in [0.2, 0.25) is 0 Å². The Bertz CT molecular complexity index is 447. The molecule has 1 aromatic carbocycles. The summed E-state index contributed by atoms with van der Waals surface area (Å²) in [7, 11) is 3.97. The number of nitrogens with zero attached hydrogens (tertiary/aromatic N) is 1. The molecular formula is C15H23NO3. The third kappa shape index (κ3) is 2.85. The molecule has 1 aliphatic carbocycles. The first kappa shape index (κ1) is 14.2. The summed E-state index contributed by atoms with van der Waals surface area (Å²) in [6.45, 7) is 0.769. The van der Waals surface area contributed by atoms with E-state index in [0.717, 1.165) is 25.8 Å². The van der Waals surface area contributed by atoms with E-state index in [-0.39, 0.29) is 17.4 Å². The largest absolute Gasteiger partial charge is 0.508 e. The van der Waals surface area contributed by atoms with E-state index in [1.807, 2.05) is 14.1 Å². The van der Waals surface area contributed by atoms with Crippen molar-refractivity contribution in [1.82, 2.24) is 4.90 Å². The van der Waals surface area contributed by atoms with Crippen LogP contribution in [0.5, 0.6) is 11.5 Å². The highest BCUT2D eigenvalue weighted by Crippen LogP contribution is 2.45. The Balaban J connectivity index is 2.38. The van der Waals surface area contributed by atoms with E-state index in [2.05, 4.69) is 4.90 Å². The molecule has 1 fully saturated rings. The third-order valence-electron chi connectivity index (χ3n) is 4.07. The molecule has 19 heavy (non-hydrogen) atoms. The Hall–Kier alpha value is -1.26. The van der Waals surface area contributed by atoms with Gasteiger partial charge in [-0.3, -0.25) is 0 Å². The maximum atomic E-state index is 11.1. The highest BCUT2D eigenvalue weighted by Gasteiger charge is 2.42. The minimum absolute atomic E-state index is 0.0611. The Kier molecular flexibility index (Phi) is 4.02. The molecule has 2 unspecified atom stereocenters. The van der Waals surface area contributed by atoms with Gasteiger partial charge in [-0.25, -0.2) is 0 Å². The van der Waals surface area contributed by atoms with E-state index < -0.39 is 5.60 Å². The van der Waals surface area contributed by atoms with Gasteiger partial charge < -0.3 is 20.2 Å². The van der Waals surface area contributed by atoms with Crippen LogP contribution in [-0.2, 0) is 5.60 Å².